The number of benzene rings is 1. The molecule has 0 unspecified atom stereocenters. The predicted molar refractivity (Wildman–Crippen MR) is 43.9 cm³/mol. The number of hydrogen-bond donors (Lipinski definition) is 2. The van der Waals surface area contributed by atoms with Gasteiger partial charge in [-0.2, -0.15) is 0 Å². The van der Waals surface area contributed by atoms with Crippen molar-refractivity contribution < 1.29 is 14.6 Å². The highest BCUT2D eigenvalue weighted by atomic mass is 16.5. The molecule has 0 fully saturated rings. The Morgan fingerprint density at radius 1 is 1.58 bits per heavy atom. The van der Waals surface area contributed by atoms with Gasteiger partial charge in [0.05, 0.1) is 18.4 Å². The van der Waals surface area contributed by atoms with Gasteiger partial charge in [0.1, 0.15) is 0 Å². The van der Waals surface area contributed by atoms with E-state index in [1.165, 1.54) is 19.2 Å². The number of rotatable bonds is 2. The van der Waals surface area contributed by atoms with Crippen molar-refractivity contribution in [3.8, 4) is 11.5 Å². The maximum atomic E-state index is 10.2. The van der Waals surface area contributed by atoms with Crippen LogP contribution in [-0.4, -0.2) is 18.5 Å². The minimum atomic E-state index is -0.224. The first-order valence-corrected chi connectivity index (χ1v) is 3.24. The lowest BCUT2D eigenvalue weighted by Gasteiger charge is -2.06. The van der Waals surface area contributed by atoms with E-state index in [-0.39, 0.29) is 22.7 Å². The number of hydrogen-bond acceptors (Lipinski definition) is 4. The average Bonchev–Trinajstić information content (AvgIpc) is 2.10. The number of aromatic hydroxyl groups is 1. The monoisotopic (exact) mass is 166 g/mol. The zero-order chi connectivity index (χ0) is 9.14. The number of ether oxygens (including phenoxy) is 1. The Balaban J connectivity index is 3.29. The van der Waals surface area contributed by atoms with Crippen LogP contribution >= 0.6 is 0 Å². The number of methoxy groups -OCH3 is 1. The van der Waals surface area contributed by atoms with Crippen LogP contribution in [0.3, 0.4) is 0 Å². The largest absolute Gasteiger partial charge is 0.503 e. The first-order valence-electron chi connectivity index (χ1n) is 3.24. The number of phenolic OH excluding ortho intramolecular Hbond substituents is 1. The molecular formula is C8H8NO3. The van der Waals surface area contributed by atoms with Crippen LogP contribution in [-0.2, 0) is 4.79 Å². The Bertz CT molecular complexity index is 309. The zero-order valence-electron chi connectivity index (χ0n) is 6.50. The molecule has 1 aromatic rings. The number of nitrogens with two attached hydrogens (primary N) is 1. The standard InChI is InChI=1S/C8H8NO3/c1-12-6-3-2-5(4-10)7(9)8(6)11/h2-3,11H,9H2,1H3. The average molecular weight is 166 g/mol. The van der Waals surface area contributed by atoms with Crippen molar-refractivity contribution in [2.24, 2.45) is 0 Å². The molecule has 1 rings (SSSR count). The second-order valence-electron chi connectivity index (χ2n) is 2.18. The maximum absolute atomic E-state index is 10.2. The molecule has 0 aliphatic heterocycles. The highest BCUT2D eigenvalue weighted by molar-refractivity contribution is 5.87. The van der Waals surface area contributed by atoms with Crippen molar-refractivity contribution >= 4 is 12.0 Å². The van der Waals surface area contributed by atoms with Crippen LogP contribution in [0.5, 0.6) is 11.5 Å². The lowest BCUT2D eigenvalue weighted by Crippen LogP contribution is -1.95. The van der Waals surface area contributed by atoms with Gasteiger partial charge in [-0.1, -0.05) is 0 Å². The third-order valence-corrected chi connectivity index (χ3v) is 1.51. The summed E-state index contributed by atoms with van der Waals surface area (Å²) in [5, 5.41) is 9.28. The van der Waals surface area contributed by atoms with Crippen LogP contribution in [0.15, 0.2) is 12.1 Å². The second-order valence-corrected chi connectivity index (χ2v) is 2.18. The van der Waals surface area contributed by atoms with E-state index in [0.717, 1.165) is 0 Å². The van der Waals surface area contributed by atoms with E-state index in [1.807, 2.05) is 0 Å². The molecule has 4 nitrogen and oxygen atoms in total. The molecule has 0 spiro atoms. The SMILES string of the molecule is COc1ccc([C]=O)c(N)c1O. The molecule has 0 saturated heterocycles. The van der Waals surface area contributed by atoms with E-state index in [0.29, 0.717) is 0 Å². The number of phenols is 1. The van der Waals surface area contributed by atoms with Crippen molar-refractivity contribution in [3.05, 3.63) is 17.7 Å². The maximum Gasteiger partial charge on any atom is 0.235 e. The molecule has 4 heteroatoms. The van der Waals surface area contributed by atoms with Crippen molar-refractivity contribution in [1.29, 1.82) is 0 Å². The molecule has 1 aromatic carbocycles. The normalized spacial score (nSPS) is 9.42. The quantitative estimate of drug-likeness (QED) is 0.494. The van der Waals surface area contributed by atoms with Gasteiger partial charge < -0.3 is 15.6 Å². The Labute approximate surface area is 69.6 Å². The van der Waals surface area contributed by atoms with E-state index >= 15 is 0 Å². The lowest BCUT2D eigenvalue weighted by molar-refractivity contribution is 0.374. The zero-order valence-corrected chi connectivity index (χ0v) is 6.50. The summed E-state index contributed by atoms with van der Waals surface area (Å²) in [6, 6.07) is 2.88. The third kappa shape index (κ3) is 1.18. The van der Waals surface area contributed by atoms with E-state index in [4.69, 9.17) is 10.5 Å². The van der Waals surface area contributed by atoms with Crippen LogP contribution in [0.25, 0.3) is 0 Å². The molecule has 0 amide bonds. The summed E-state index contributed by atoms with van der Waals surface area (Å²) in [7, 11) is 1.40. The molecule has 0 bridgehead atoms. The van der Waals surface area contributed by atoms with Crippen molar-refractivity contribution in [1.82, 2.24) is 0 Å². The summed E-state index contributed by atoms with van der Waals surface area (Å²) in [4.78, 5) is 10.2. The van der Waals surface area contributed by atoms with Gasteiger partial charge in [0.25, 0.3) is 0 Å². The summed E-state index contributed by atoms with van der Waals surface area (Å²) in [6.07, 6.45) is 1.60. The fraction of sp³-hybridized carbons (Fsp3) is 0.125. The summed E-state index contributed by atoms with van der Waals surface area (Å²) in [5.41, 5.74) is 5.50. The number of nitrogen functional groups attached to an aromatic ring is 1. The summed E-state index contributed by atoms with van der Waals surface area (Å²) < 4.78 is 4.77. The van der Waals surface area contributed by atoms with Crippen molar-refractivity contribution in [2.75, 3.05) is 12.8 Å². The van der Waals surface area contributed by atoms with Crippen molar-refractivity contribution in [2.45, 2.75) is 0 Å². The minimum absolute atomic E-state index is 0.00986. The van der Waals surface area contributed by atoms with Gasteiger partial charge in [0, 0.05) is 0 Å². The first-order chi connectivity index (χ1) is 5.70. The fourth-order valence-corrected chi connectivity index (χ4v) is 0.842. The molecule has 0 aromatic heterocycles. The van der Waals surface area contributed by atoms with E-state index in [2.05, 4.69) is 0 Å². The van der Waals surface area contributed by atoms with E-state index in [1.54, 1.807) is 6.29 Å². The van der Waals surface area contributed by atoms with Crippen molar-refractivity contribution in [3.63, 3.8) is 0 Å². The van der Waals surface area contributed by atoms with Gasteiger partial charge in [-0.05, 0) is 12.1 Å². The molecule has 1 radical (unpaired) electrons. The summed E-state index contributed by atoms with van der Waals surface area (Å²) >= 11 is 0. The third-order valence-electron chi connectivity index (χ3n) is 1.51. The van der Waals surface area contributed by atoms with E-state index < -0.39 is 0 Å². The number of anilines is 1. The highest BCUT2D eigenvalue weighted by Crippen LogP contribution is 2.33. The highest BCUT2D eigenvalue weighted by Gasteiger charge is 2.09. The van der Waals surface area contributed by atoms with Crippen LogP contribution in [0.2, 0.25) is 0 Å². The Morgan fingerprint density at radius 3 is 2.75 bits per heavy atom. The van der Waals surface area contributed by atoms with Gasteiger partial charge in [-0.15, -0.1) is 0 Å². The predicted octanol–water partition coefficient (Wildman–Crippen LogP) is 0.441. The van der Waals surface area contributed by atoms with Gasteiger partial charge >= 0.3 is 0 Å². The van der Waals surface area contributed by atoms with Gasteiger partial charge in [0.15, 0.2) is 11.5 Å². The fourth-order valence-electron chi connectivity index (χ4n) is 0.842. The molecule has 0 saturated carbocycles. The van der Waals surface area contributed by atoms with Gasteiger partial charge in [0.2, 0.25) is 6.29 Å². The first kappa shape index (κ1) is 8.39. The van der Waals surface area contributed by atoms with Gasteiger partial charge in [-0.25, -0.2) is 0 Å². The summed E-state index contributed by atoms with van der Waals surface area (Å²) in [5.74, 6) is 0.0184. The molecule has 0 aliphatic rings. The number of carbonyl (C=O) groups excluding carboxylic acids is 1. The molecule has 12 heavy (non-hydrogen) atoms. The summed E-state index contributed by atoms with van der Waals surface area (Å²) in [6.45, 7) is 0. The second kappa shape index (κ2) is 3.13. The smallest absolute Gasteiger partial charge is 0.235 e. The van der Waals surface area contributed by atoms with Crippen LogP contribution in [0.4, 0.5) is 5.69 Å². The molecule has 0 atom stereocenters. The lowest BCUT2D eigenvalue weighted by atomic mass is 10.2. The molecular weight excluding hydrogens is 158 g/mol. The molecule has 63 valence electrons. The Morgan fingerprint density at radius 2 is 2.25 bits per heavy atom. The van der Waals surface area contributed by atoms with Crippen LogP contribution in [0.1, 0.15) is 5.56 Å². The minimum Gasteiger partial charge on any atom is -0.503 e. The topological polar surface area (TPSA) is 72.5 Å². The van der Waals surface area contributed by atoms with E-state index in [9.17, 15) is 9.90 Å². The Hall–Kier alpha value is -1.71. The van der Waals surface area contributed by atoms with Crippen LogP contribution in [0, 0.1) is 0 Å². The molecule has 3 N–H and O–H groups in total. The van der Waals surface area contributed by atoms with Gasteiger partial charge in [-0.3, -0.25) is 4.79 Å². The Kier molecular flexibility index (Phi) is 2.19. The molecule has 0 aliphatic carbocycles. The molecule has 0 heterocycles. The van der Waals surface area contributed by atoms with Crippen LogP contribution < -0.4 is 10.5 Å².